The van der Waals surface area contributed by atoms with Gasteiger partial charge in [0.25, 0.3) is 0 Å². The quantitative estimate of drug-likeness (QED) is 0.273. The second-order valence-corrected chi connectivity index (χ2v) is 2.01. The summed E-state index contributed by atoms with van der Waals surface area (Å²) in [6, 6.07) is 0. The number of hydrogen-bond donors (Lipinski definition) is 2. The monoisotopic (exact) mass is 157 g/mol. The molecule has 0 saturated carbocycles. The molecule has 0 aliphatic rings. The van der Waals surface area contributed by atoms with Crippen LogP contribution in [0.4, 0.5) is 0 Å². The van der Waals surface area contributed by atoms with Gasteiger partial charge in [-0.2, -0.15) is 0 Å². The highest BCUT2D eigenvalue weighted by Crippen LogP contribution is 1.85. The zero-order chi connectivity index (χ0) is 8.85. The van der Waals surface area contributed by atoms with E-state index in [1.807, 2.05) is 0 Å². The first-order valence-electron chi connectivity index (χ1n) is 3.03. The fraction of sp³-hybridized carbons (Fsp3) is 0.500. The minimum atomic E-state index is -0.00455. The number of rotatable bonds is 2. The van der Waals surface area contributed by atoms with Crippen molar-refractivity contribution in [1.82, 2.24) is 0 Å². The molecule has 0 spiro atoms. The number of oxime groups is 2. The predicted octanol–water partition coefficient (Wildman–Crippen LogP) is 1.23. The second kappa shape index (κ2) is 4.43. The Labute approximate surface area is 64.9 Å². The first kappa shape index (κ1) is 9.61. The molecule has 0 unspecified atom stereocenters. The molecule has 0 rings (SSSR count). The van der Waals surface area contributed by atoms with Crippen molar-refractivity contribution in [2.75, 3.05) is 0 Å². The first-order valence-corrected chi connectivity index (χ1v) is 3.03. The number of hydrogen-bond acceptors (Lipinski definition) is 5. The maximum absolute atomic E-state index is 8.27. The van der Waals surface area contributed by atoms with Crippen molar-refractivity contribution >= 4 is 17.3 Å². The Morgan fingerprint density at radius 1 is 1.27 bits per heavy atom. The average Bonchev–Trinajstić information content (AvgIpc) is 1.98. The van der Waals surface area contributed by atoms with Crippen molar-refractivity contribution in [3.63, 3.8) is 0 Å². The largest absolute Gasteiger partial charge is 0.411 e. The molecule has 2 N–H and O–H groups in total. The highest BCUT2D eigenvalue weighted by atomic mass is 16.6. The Morgan fingerprint density at radius 2 is 1.82 bits per heavy atom. The molecule has 0 aromatic rings. The summed E-state index contributed by atoms with van der Waals surface area (Å²) in [5.74, 6) is -0.00455. The van der Waals surface area contributed by atoms with Crippen LogP contribution >= 0.6 is 0 Å². The summed E-state index contributed by atoms with van der Waals surface area (Å²) < 4.78 is 0. The van der Waals surface area contributed by atoms with Crippen LogP contribution < -0.4 is 0 Å². The number of nitrogens with zero attached hydrogens (tertiary/aromatic N) is 2. The standard InChI is InChI=1S/C6H11N3O2/c1-4(8-10)5(2)9-11-6(3)7/h7,10H,1-3H3/b7-6?,8-4+,9-5+. The molecular weight excluding hydrogens is 146 g/mol. The summed E-state index contributed by atoms with van der Waals surface area (Å²) in [4.78, 5) is 4.51. The molecule has 0 saturated heterocycles. The Morgan fingerprint density at radius 3 is 2.18 bits per heavy atom. The highest BCUT2D eigenvalue weighted by molar-refractivity contribution is 6.40. The van der Waals surface area contributed by atoms with Crippen molar-refractivity contribution in [3.8, 4) is 0 Å². The molecule has 0 aromatic carbocycles. The summed E-state index contributed by atoms with van der Waals surface area (Å²) in [6.45, 7) is 4.67. The molecule has 0 aliphatic carbocycles. The maximum atomic E-state index is 8.27. The summed E-state index contributed by atoms with van der Waals surface area (Å²) >= 11 is 0. The van der Waals surface area contributed by atoms with Crippen molar-refractivity contribution in [2.24, 2.45) is 10.3 Å². The van der Waals surface area contributed by atoms with Gasteiger partial charge in [0, 0.05) is 6.92 Å². The van der Waals surface area contributed by atoms with Crippen LogP contribution in [0.5, 0.6) is 0 Å². The van der Waals surface area contributed by atoms with Crippen LogP contribution in [-0.4, -0.2) is 22.5 Å². The molecule has 11 heavy (non-hydrogen) atoms. The lowest BCUT2D eigenvalue weighted by Crippen LogP contribution is -2.07. The molecule has 0 amide bonds. The van der Waals surface area contributed by atoms with Crippen molar-refractivity contribution in [1.29, 1.82) is 5.41 Å². The Hall–Kier alpha value is -1.39. The third-order valence-electron chi connectivity index (χ3n) is 0.993. The second-order valence-electron chi connectivity index (χ2n) is 2.01. The third kappa shape index (κ3) is 4.07. The molecule has 5 heteroatoms. The Bertz CT molecular complexity index is 208. The van der Waals surface area contributed by atoms with Gasteiger partial charge in [-0.1, -0.05) is 10.3 Å². The van der Waals surface area contributed by atoms with E-state index < -0.39 is 0 Å². The lowest BCUT2D eigenvalue weighted by molar-refractivity contribution is 0.315. The fourth-order valence-electron chi connectivity index (χ4n) is 0.275. The molecule has 0 bridgehead atoms. The minimum Gasteiger partial charge on any atom is -0.411 e. The molecule has 0 fully saturated rings. The molecule has 0 atom stereocenters. The molecular formula is C6H11N3O2. The molecule has 0 aliphatic heterocycles. The van der Waals surface area contributed by atoms with Crippen molar-refractivity contribution in [3.05, 3.63) is 0 Å². The highest BCUT2D eigenvalue weighted by Gasteiger charge is 1.96. The zero-order valence-electron chi connectivity index (χ0n) is 6.75. The average molecular weight is 157 g/mol. The molecule has 5 nitrogen and oxygen atoms in total. The molecule has 0 heterocycles. The van der Waals surface area contributed by atoms with Gasteiger partial charge in [-0.25, -0.2) is 0 Å². The molecule has 0 aromatic heterocycles. The smallest absolute Gasteiger partial charge is 0.214 e. The van der Waals surface area contributed by atoms with Crippen LogP contribution in [0.25, 0.3) is 0 Å². The SMILES string of the molecule is CC(=N)O/N=C(C)/C(C)=N/O. The van der Waals surface area contributed by atoms with Gasteiger partial charge in [0.2, 0.25) is 5.90 Å². The van der Waals surface area contributed by atoms with Crippen molar-refractivity contribution in [2.45, 2.75) is 20.8 Å². The van der Waals surface area contributed by atoms with Crippen LogP contribution in [0.2, 0.25) is 0 Å². The fourth-order valence-corrected chi connectivity index (χ4v) is 0.275. The van der Waals surface area contributed by atoms with E-state index in [2.05, 4.69) is 15.1 Å². The van der Waals surface area contributed by atoms with Gasteiger partial charge in [-0.3, -0.25) is 5.41 Å². The van der Waals surface area contributed by atoms with Crippen LogP contribution in [0, 0.1) is 5.41 Å². The zero-order valence-corrected chi connectivity index (χ0v) is 6.75. The topological polar surface area (TPSA) is 78.0 Å². The van der Waals surface area contributed by atoms with E-state index in [-0.39, 0.29) is 5.90 Å². The van der Waals surface area contributed by atoms with Gasteiger partial charge in [-0.05, 0) is 13.8 Å². The van der Waals surface area contributed by atoms with E-state index in [0.29, 0.717) is 11.4 Å². The van der Waals surface area contributed by atoms with Crippen LogP contribution in [0.3, 0.4) is 0 Å². The summed E-state index contributed by atoms with van der Waals surface area (Å²) in [6.07, 6.45) is 0. The Kier molecular flexibility index (Phi) is 3.87. The lowest BCUT2D eigenvalue weighted by Gasteiger charge is -1.96. The third-order valence-corrected chi connectivity index (χ3v) is 0.993. The molecule has 0 radical (unpaired) electrons. The maximum Gasteiger partial charge on any atom is 0.214 e. The van der Waals surface area contributed by atoms with Crippen LogP contribution in [0.15, 0.2) is 10.3 Å². The summed E-state index contributed by atoms with van der Waals surface area (Å²) in [7, 11) is 0. The van der Waals surface area contributed by atoms with Gasteiger partial charge >= 0.3 is 0 Å². The van der Waals surface area contributed by atoms with E-state index in [1.54, 1.807) is 13.8 Å². The van der Waals surface area contributed by atoms with Gasteiger partial charge in [0.1, 0.15) is 11.4 Å². The van der Waals surface area contributed by atoms with Gasteiger partial charge < -0.3 is 10.0 Å². The van der Waals surface area contributed by atoms with Gasteiger partial charge in [-0.15, -0.1) is 0 Å². The predicted molar refractivity (Wildman–Crippen MR) is 42.5 cm³/mol. The van der Waals surface area contributed by atoms with Crippen LogP contribution in [0.1, 0.15) is 20.8 Å². The molecule has 62 valence electrons. The van der Waals surface area contributed by atoms with E-state index in [0.717, 1.165) is 0 Å². The van der Waals surface area contributed by atoms with Gasteiger partial charge in [0.15, 0.2) is 0 Å². The minimum absolute atomic E-state index is 0.00455. The van der Waals surface area contributed by atoms with E-state index in [4.69, 9.17) is 10.6 Å². The normalized spacial score (nSPS) is 13.0. The summed E-state index contributed by atoms with van der Waals surface area (Å²) in [5, 5.41) is 21.5. The summed E-state index contributed by atoms with van der Waals surface area (Å²) in [5.41, 5.74) is 0.811. The van der Waals surface area contributed by atoms with Gasteiger partial charge in [0.05, 0.1) is 0 Å². The van der Waals surface area contributed by atoms with E-state index in [1.165, 1.54) is 6.92 Å². The van der Waals surface area contributed by atoms with E-state index >= 15 is 0 Å². The van der Waals surface area contributed by atoms with E-state index in [9.17, 15) is 0 Å². The number of nitrogens with one attached hydrogen (secondary N) is 1. The lowest BCUT2D eigenvalue weighted by atomic mass is 10.3. The van der Waals surface area contributed by atoms with Crippen LogP contribution in [-0.2, 0) is 4.84 Å². The van der Waals surface area contributed by atoms with Crippen molar-refractivity contribution < 1.29 is 10.0 Å². The first-order chi connectivity index (χ1) is 5.07. The Balaban J connectivity index is 4.12.